The van der Waals surface area contributed by atoms with Crippen molar-refractivity contribution < 1.29 is 9.53 Å². The Morgan fingerprint density at radius 2 is 1.74 bits per heavy atom. The molecule has 0 aromatic heterocycles. The highest BCUT2D eigenvalue weighted by atomic mass is 79.9. The Labute approximate surface area is 173 Å². The third-order valence-corrected chi connectivity index (χ3v) is 5.11. The molecule has 0 aliphatic heterocycles. The SMILES string of the molecule is CCN(CC)CCCNC(=O)NCCCOc1ccc(C(C)(C)C)cc1Br. The maximum atomic E-state index is 11.8. The maximum Gasteiger partial charge on any atom is 0.314 e. The van der Waals surface area contributed by atoms with Gasteiger partial charge in [0, 0.05) is 13.1 Å². The number of rotatable bonds is 11. The fourth-order valence-electron chi connectivity index (χ4n) is 2.65. The summed E-state index contributed by atoms with van der Waals surface area (Å²) in [7, 11) is 0. The van der Waals surface area contributed by atoms with Crippen molar-refractivity contribution in [2.75, 3.05) is 39.3 Å². The van der Waals surface area contributed by atoms with E-state index in [0.29, 0.717) is 19.7 Å². The first-order valence-electron chi connectivity index (χ1n) is 9.94. The summed E-state index contributed by atoms with van der Waals surface area (Å²) in [5.41, 5.74) is 1.38. The molecule has 1 aromatic rings. The van der Waals surface area contributed by atoms with Crippen LogP contribution in [0.25, 0.3) is 0 Å². The fourth-order valence-corrected chi connectivity index (χ4v) is 3.14. The molecule has 27 heavy (non-hydrogen) atoms. The van der Waals surface area contributed by atoms with Crippen LogP contribution in [-0.2, 0) is 5.41 Å². The van der Waals surface area contributed by atoms with Gasteiger partial charge >= 0.3 is 6.03 Å². The summed E-state index contributed by atoms with van der Waals surface area (Å²) >= 11 is 3.58. The molecule has 0 saturated heterocycles. The summed E-state index contributed by atoms with van der Waals surface area (Å²) in [5, 5.41) is 5.77. The summed E-state index contributed by atoms with van der Waals surface area (Å²) in [6.45, 7) is 15.9. The zero-order chi connectivity index (χ0) is 20.3. The second-order valence-electron chi connectivity index (χ2n) is 7.66. The topological polar surface area (TPSA) is 53.6 Å². The molecule has 5 nitrogen and oxygen atoms in total. The van der Waals surface area contributed by atoms with E-state index in [1.165, 1.54) is 5.56 Å². The van der Waals surface area contributed by atoms with Crippen LogP contribution in [0, 0.1) is 0 Å². The Kier molecular flexibility index (Phi) is 10.8. The predicted molar refractivity (Wildman–Crippen MR) is 117 cm³/mol. The first-order chi connectivity index (χ1) is 12.8. The van der Waals surface area contributed by atoms with Gasteiger partial charge in [-0.1, -0.05) is 40.7 Å². The first-order valence-corrected chi connectivity index (χ1v) is 10.7. The lowest BCUT2D eigenvalue weighted by Crippen LogP contribution is -2.38. The minimum atomic E-state index is -0.106. The van der Waals surface area contributed by atoms with Gasteiger partial charge in [-0.15, -0.1) is 0 Å². The highest BCUT2D eigenvalue weighted by molar-refractivity contribution is 9.10. The molecule has 2 N–H and O–H groups in total. The third kappa shape index (κ3) is 9.47. The number of amides is 2. The molecule has 6 heteroatoms. The summed E-state index contributed by atoms with van der Waals surface area (Å²) in [6.07, 6.45) is 1.73. The predicted octanol–water partition coefficient (Wildman–Crippen LogP) is 4.55. The molecular weight excluding hydrogens is 406 g/mol. The molecule has 0 atom stereocenters. The van der Waals surface area contributed by atoms with Crippen molar-refractivity contribution in [1.82, 2.24) is 15.5 Å². The lowest BCUT2D eigenvalue weighted by Gasteiger charge is -2.20. The molecule has 0 saturated carbocycles. The summed E-state index contributed by atoms with van der Waals surface area (Å²) in [4.78, 5) is 14.1. The molecule has 1 aromatic carbocycles. The van der Waals surface area contributed by atoms with Crippen LogP contribution in [-0.4, -0.2) is 50.3 Å². The summed E-state index contributed by atoms with van der Waals surface area (Å²) in [6, 6.07) is 6.11. The number of urea groups is 1. The van der Waals surface area contributed by atoms with E-state index in [1.807, 2.05) is 6.07 Å². The van der Waals surface area contributed by atoms with E-state index in [2.05, 4.69) is 78.2 Å². The van der Waals surface area contributed by atoms with E-state index < -0.39 is 0 Å². The Balaban J connectivity index is 2.17. The largest absolute Gasteiger partial charge is 0.492 e. The van der Waals surface area contributed by atoms with Gasteiger partial charge < -0.3 is 20.3 Å². The van der Waals surface area contributed by atoms with Gasteiger partial charge in [0.1, 0.15) is 5.75 Å². The molecule has 0 aliphatic rings. The highest BCUT2D eigenvalue weighted by Crippen LogP contribution is 2.31. The van der Waals surface area contributed by atoms with Gasteiger partial charge in [0.05, 0.1) is 11.1 Å². The number of hydrogen-bond acceptors (Lipinski definition) is 3. The molecule has 154 valence electrons. The van der Waals surface area contributed by atoms with E-state index in [4.69, 9.17) is 4.74 Å². The number of hydrogen-bond donors (Lipinski definition) is 2. The van der Waals surface area contributed by atoms with Crippen LogP contribution in [0.3, 0.4) is 0 Å². The van der Waals surface area contributed by atoms with E-state index in [9.17, 15) is 4.79 Å². The zero-order valence-electron chi connectivity index (χ0n) is 17.5. The van der Waals surface area contributed by atoms with E-state index in [0.717, 1.165) is 42.7 Å². The van der Waals surface area contributed by atoms with Gasteiger partial charge in [-0.2, -0.15) is 0 Å². The van der Waals surface area contributed by atoms with Crippen LogP contribution < -0.4 is 15.4 Å². The minimum Gasteiger partial charge on any atom is -0.492 e. The van der Waals surface area contributed by atoms with Crippen LogP contribution in [0.15, 0.2) is 22.7 Å². The summed E-state index contributed by atoms with van der Waals surface area (Å²) in [5.74, 6) is 0.837. The smallest absolute Gasteiger partial charge is 0.314 e. The molecule has 0 bridgehead atoms. The molecule has 0 heterocycles. The highest BCUT2D eigenvalue weighted by Gasteiger charge is 2.15. The van der Waals surface area contributed by atoms with Crippen LogP contribution in [0.5, 0.6) is 5.75 Å². The van der Waals surface area contributed by atoms with E-state index >= 15 is 0 Å². The number of benzene rings is 1. The normalized spacial score (nSPS) is 11.5. The van der Waals surface area contributed by atoms with Gasteiger partial charge in [-0.05, 0) is 71.5 Å². The zero-order valence-corrected chi connectivity index (χ0v) is 19.1. The Bertz CT molecular complexity index is 569. The second kappa shape index (κ2) is 12.2. The van der Waals surface area contributed by atoms with Crippen molar-refractivity contribution >= 4 is 22.0 Å². The Hall–Kier alpha value is -1.27. The molecule has 0 radical (unpaired) electrons. The quantitative estimate of drug-likeness (QED) is 0.495. The van der Waals surface area contributed by atoms with Gasteiger partial charge in [-0.25, -0.2) is 4.79 Å². The number of ether oxygens (including phenoxy) is 1. The maximum absolute atomic E-state index is 11.8. The van der Waals surface area contributed by atoms with E-state index in [1.54, 1.807) is 0 Å². The molecule has 0 spiro atoms. The Morgan fingerprint density at radius 3 is 2.30 bits per heavy atom. The van der Waals surface area contributed by atoms with Crippen molar-refractivity contribution in [3.63, 3.8) is 0 Å². The Morgan fingerprint density at radius 1 is 1.11 bits per heavy atom. The van der Waals surface area contributed by atoms with Crippen molar-refractivity contribution in [2.24, 2.45) is 0 Å². The first kappa shape index (κ1) is 23.8. The molecule has 0 unspecified atom stereocenters. The fraction of sp³-hybridized carbons (Fsp3) is 0.667. The molecule has 2 amide bonds. The molecule has 0 aliphatic carbocycles. The van der Waals surface area contributed by atoms with Crippen molar-refractivity contribution in [3.8, 4) is 5.75 Å². The minimum absolute atomic E-state index is 0.106. The molecule has 0 fully saturated rings. The molecule has 1 rings (SSSR count). The lowest BCUT2D eigenvalue weighted by molar-refractivity contribution is 0.237. The van der Waals surface area contributed by atoms with Crippen molar-refractivity contribution in [2.45, 2.75) is 52.9 Å². The average molecular weight is 442 g/mol. The van der Waals surface area contributed by atoms with Gasteiger partial charge in [-0.3, -0.25) is 0 Å². The standard InChI is InChI=1S/C21H36BrN3O2/c1-6-25(7-2)14-8-12-23-20(26)24-13-9-15-27-19-11-10-17(16-18(19)22)21(3,4)5/h10-11,16H,6-9,12-15H2,1-5H3,(H2,23,24,26). The number of nitrogens with one attached hydrogen (secondary N) is 2. The lowest BCUT2D eigenvalue weighted by atomic mass is 9.87. The van der Waals surface area contributed by atoms with Crippen molar-refractivity contribution in [3.05, 3.63) is 28.2 Å². The van der Waals surface area contributed by atoms with Crippen LogP contribution in [0.2, 0.25) is 0 Å². The second-order valence-corrected chi connectivity index (χ2v) is 8.51. The van der Waals surface area contributed by atoms with Crippen molar-refractivity contribution in [1.29, 1.82) is 0 Å². The summed E-state index contributed by atoms with van der Waals surface area (Å²) < 4.78 is 6.78. The van der Waals surface area contributed by atoms with Gasteiger partial charge in [0.25, 0.3) is 0 Å². The number of carbonyl (C=O) groups excluding carboxylic acids is 1. The van der Waals surface area contributed by atoms with Crippen LogP contribution in [0.4, 0.5) is 4.79 Å². The van der Waals surface area contributed by atoms with E-state index in [-0.39, 0.29) is 11.4 Å². The van der Waals surface area contributed by atoms with Crippen LogP contribution in [0.1, 0.15) is 53.0 Å². The number of nitrogens with zero attached hydrogens (tertiary/aromatic N) is 1. The third-order valence-electron chi connectivity index (χ3n) is 4.49. The van der Waals surface area contributed by atoms with Gasteiger partial charge in [0.15, 0.2) is 0 Å². The molecular formula is C21H36BrN3O2. The van der Waals surface area contributed by atoms with Crippen LogP contribution >= 0.6 is 15.9 Å². The van der Waals surface area contributed by atoms with Gasteiger partial charge in [0.2, 0.25) is 0 Å². The number of carbonyl (C=O) groups is 1. The average Bonchev–Trinajstić information content (AvgIpc) is 2.62. The number of halogens is 1. The monoisotopic (exact) mass is 441 g/mol.